The number of pyridine rings is 1. The predicted molar refractivity (Wildman–Crippen MR) is 114 cm³/mol. The van der Waals surface area contributed by atoms with E-state index in [9.17, 15) is 0 Å². The highest BCUT2D eigenvalue weighted by Crippen LogP contribution is 2.33. The Morgan fingerprint density at radius 1 is 1.11 bits per heavy atom. The lowest BCUT2D eigenvalue weighted by Crippen LogP contribution is -2.24. The number of aryl methyl sites for hydroxylation is 2. The van der Waals surface area contributed by atoms with Crippen LogP contribution in [0.5, 0.6) is 0 Å². The van der Waals surface area contributed by atoms with Crippen molar-refractivity contribution in [3.05, 3.63) is 81.4 Å². The summed E-state index contributed by atoms with van der Waals surface area (Å²) in [6.07, 6.45) is 5.28. The van der Waals surface area contributed by atoms with Crippen molar-refractivity contribution in [2.24, 2.45) is 7.05 Å². The minimum absolute atomic E-state index is 0.378. The summed E-state index contributed by atoms with van der Waals surface area (Å²) in [4.78, 5) is 7.46. The minimum atomic E-state index is 0.378. The predicted octanol–water partition coefficient (Wildman–Crippen LogP) is 5.01. The van der Waals surface area contributed by atoms with Gasteiger partial charge in [-0.1, -0.05) is 23.7 Å². The molecule has 1 saturated heterocycles. The Labute approximate surface area is 172 Å². The van der Waals surface area contributed by atoms with E-state index in [4.69, 9.17) is 16.6 Å². The van der Waals surface area contributed by atoms with Gasteiger partial charge in [-0.25, -0.2) is 0 Å². The highest BCUT2D eigenvalue weighted by molar-refractivity contribution is 6.30. The summed E-state index contributed by atoms with van der Waals surface area (Å²) in [7, 11) is 2.01. The number of aromatic nitrogens is 3. The molecule has 0 aliphatic carbocycles. The molecular weight excluding hydrogens is 368 g/mol. The Balaban J connectivity index is 1.56. The van der Waals surface area contributed by atoms with E-state index < -0.39 is 0 Å². The number of nitrogens with zero attached hydrogens (tertiary/aromatic N) is 4. The van der Waals surface area contributed by atoms with Crippen LogP contribution in [0.2, 0.25) is 5.02 Å². The first-order chi connectivity index (χ1) is 13.5. The van der Waals surface area contributed by atoms with Crippen LogP contribution in [-0.4, -0.2) is 26.2 Å². The molecule has 1 aliphatic rings. The number of hydrogen-bond acceptors (Lipinski definition) is 3. The van der Waals surface area contributed by atoms with Crippen molar-refractivity contribution in [3.8, 4) is 0 Å². The average molecular weight is 395 g/mol. The number of halogens is 1. The number of hydrogen-bond donors (Lipinski definition) is 0. The van der Waals surface area contributed by atoms with Crippen molar-refractivity contribution in [2.45, 2.75) is 45.7 Å². The van der Waals surface area contributed by atoms with Crippen LogP contribution >= 0.6 is 11.6 Å². The van der Waals surface area contributed by atoms with Crippen molar-refractivity contribution >= 4 is 11.6 Å². The topological polar surface area (TPSA) is 34.0 Å². The molecule has 146 valence electrons. The molecule has 0 amide bonds. The number of benzene rings is 1. The minimum Gasteiger partial charge on any atom is -0.290 e. The molecule has 0 spiro atoms. The Hall–Kier alpha value is -2.17. The summed E-state index contributed by atoms with van der Waals surface area (Å²) in [5.74, 6) is 0. The zero-order chi connectivity index (χ0) is 19.7. The second-order valence-electron chi connectivity index (χ2n) is 7.85. The third-order valence-corrected chi connectivity index (χ3v) is 6.02. The Morgan fingerprint density at radius 2 is 1.89 bits per heavy atom. The van der Waals surface area contributed by atoms with E-state index in [2.05, 4.69) is 48.1 Å². The first-order valence-electron chi connectivity index (χ1n) is 9.93. The zero-order valence-corrected chi connectivity index (χ0v) is 17.6. The lowest BCUT2D eigenvalue weighted by atomic mass is 10.0. The Morgan fingerprint density at radius 3 is 2.61 bits per heavy atom. The maximum absolute atomic E-state index is 6.02. The third kappa shape index (κ3) is 4.13. The summed E-state index contributed by atoms with van der Waals surface area (Å²) >= 11 is 6.02. The van der Waals surface area contributed by atoms with Crippen molar-refractivity contribution in [3.63, 3.8) is 0 Å². The third-order valence-electron chi connectivity index (χ3n) is 5.77. The lowest BCUT2D eigenvalue weighted by molar-refractivity contribution is 0.243. The molecule has 1 unspecified atom stereocenters. The van der Waals surface area contributed by atoms with Gasteiger partial charge < -0.3 is 0 Å². The first-order valence-corrected chi connectivity index (χ1v) is 10.3. The normalized spacial score (nSPS) is 17.4. The first kappa shape index (κ1) is 19.2. The van der Waals surface area contributed by atoms with Gasteiger partial charge >= 0.3 is 0 Å². The van der Waals surface area contributed by atoms with Gasteiger partial charge in [0.1, 0.15) is 0 Å². The van der Waals surface area contributed by atoms with Crippen LogP contribution in [0.4, 0.5) is 0 Å². The molecule has 1 aliphatic heterocycles. The molecule has 4 nitrogen and oxygen atoms in total. The van der Waals surface area contributed by atoms with E-state index in [1.165, 1.54) is 34.5 Å². The molecule has 3 heterocycles. The van der Waals surface area contributed by atoms with E-state index in [-0.39, 0.29) is 0 Å². The van der Waals surface area contributed by atoms with Gasteiger partial charge in [0.15, 0.2) is 0 Å². The highest BCUT2D eigenvalue weighted by Gasteiger charge is 2.28. The zero-order valence-electron chi connectivity index (χ0n) is 16.8. The van der Waals surface area contributed by atoms with E-state index in [1.54, 1.807) is 0 Å². The van der Waals surface area contributed by atoms with Gasteiger partial charge in [-0.3, -0.25) is 14.6 Å². The Kier molecular flexibility index (Phi) is 5.51. The van der Waals surface area contributed by atoms with Gasteiger partial charge in [-0.2, -0.15) is 5.10 Å². The standard InChI is InChI=1S/C23H27ClN4/c1-16-11-19(12-18-6-8-21(24)9-7-18)13-22(26-16)23-5-4-10-28(23)15-20-14-25-27(3)17(20)2/h6-9,11,13-14,23H,4-5,10,12,15H2,1-3H3. The smallest absolute Gasteiger partial charge is 0.0581 e. The lowest BCUT2D eigenvalue weighted by Gasteiger charge is -2.24. The van der Waals surface area contributed by atoms with Crippen molar-refractivity contribution < 1.29 is 0 Å². The van der Waals surface area contributed by atoms with Gasteiger partial charge in [0.2, 0.25) is 0 Å². The second kappa shape index (κ2) is 8.06. The molecule has 0 saturated carbocycles. The fourth-order valence-electron chi connectivity index (χ4n) is 4.15. The van der Waals surface area contributed by atoms with Gasteiger partial charge in [0, 0.05) is 35.6 Å². The molecule has 1 aromatic carbocycles. The van der Waals surface area contributed by atoms with Crippen molar-refractivity contribution in [2.75, 3.05) is 6.54 Å². The highest BCUT2D eigenvalue weighted by atomic mass is 35.5. The maximum Gasteiger partial charge on any atom is 0.0581 e. The molecule has 1 atom stereocenters. The summed E-state index contributed by atoms with van der Waals surface area (Å²) in [6, 6.07) is 13.0. The van der Waals surface area contributed by atoms with Crippen molar-refractivity contribution in [1.29, 1.82) is 0 Å². The molecule has 0 radical (unpaired) electrons. The van der Waals surface area contributed by atoms with E-state index in [0.717, 1.165) is 36.6 Å². The van der Waals surface area contributed by atoms with Gasteiger partial charge in [0.05, 0.1) is 17.9 Å². The van der Waals surface area contributed by atoms with Crippen LogP contribution in [0, 0.1) is 13.8 Å². The maximum atomic E-state index is 6.02. The number of rotatable bonds is 5. The molecule has 1 fully saturated rings. The average Bonchev–Trinajstić information content (AvgIpc) is 3.25. The fourth-order valence-corrected chi connectivity index (χ4v) is 4.27. The molecule has 3 aromatic rings. The van der Waals surface area contributed by atoms with E-state index in [1.807, 2.05) is 30.1 Å². The van der Waals surface area contributed by atoms with E-state index >= 15 is 0 Å². The quantitative estimate of drug-likeness (QED) is 0.609. The largest absolute Gasteiger partial charge is 0.290 e. The van der Waals surface area contributed by atoms with Crippen molar-refractivity contribution in [1.82, 2.24) is 19.7 Å². The van der Waals surface area contributed by atoms with Gasteiger partial charge in [0.25, 0.3) is 0 Å². The molecule has 5 heteroatoms. The molecule has 0 bridgehead atoms. The number of likely N-dealkylation sites (tertiary alicyclic amines) is 1. The SMILES string of the molecule is Cc1cc(Cc2ccc(Cl)cc2)cc(C2CCCN2Cc2cnn(C)c2C)n1. The van der Waals surface area contributed by atoms with Crippen LogP contribution < -0.4 is 0 Å². The Bertz CT molecular complexity index is 961. The van der Waals surface area contributed by atoms with Gasteiger partial charge in [-0.15, -0.1) is 0 Å². The summed E-state index contributed by atoms with van der Waals surface area (Å²) < 4.78 is 1.95. The molecule has 0 N–H and O–H groups in total. The van der Waals surface area contributed by atoms with Crippen LogP contribution in [-0.2, 0) is 20.0 Å². The molecule has 28 heavy (non-hydrogen) atoms. The molecular formula is C23H27ClN4. The van der Waals surface area contributed by atoms with E-state index in [0.29, 0.717) is 6.04 Å². The summed E-state index contributed by atoms with van der Waals surface area (Å²) in [5, 5.41) is 5.18. The van der Waals surface area contributed by atoms with Crippen LogP contribution in [0.15, 0.2) is 42.6 Å². The fraction of sp³-hybridized carbons (Fsp3) is 0.391. The summed E-state index contributed by atoms with van der Waals surface area (Å²) in [5.41, 5.74) is 7.42. The summed E-state index contributed by atoms with van der Waals surface area (Å²) in [6.45, 7) is 6.29. The second-order valence-corrected chi connectivity index (χ2v) is 8.29. The molecule has 2 aromatic heterocycles. The van der Waals surface area contributed by atoms with Crippen LogP contribution in [0.25, 0.3) is 0 Å². The van der Waals surface area contributed by atoms with Gasteiger partial charge in [-0.05, 0) is 75.0 Å². The molecule has 4 rings (SSSR count). The monoisotopic (exact) mass is 394 g/mol. The van der Waals surface area contributed by atoms with Crippen LogP contribution in [0.3, 0.4) is 0 Å². The van der Waals surface area contributed by atoms with Crippen LogP contribution in [0.1, 0.15) is 52.7 Å².